The summed E-state index contributed by atoms with van der Waals surface area (Å²) in [6.07, 6.45) is 1.50. The van der Waals surface area contributed by atoms with Crippen molar-refractivity contribution in [3.8, 4) is 16.9 Å². The molecule has 2 aromatic carbocycles. The largest absolute Gasteiger partial charge is 0.461 e. The number of ether oxygens (including phenoxy) is 2. The van der Waals surface area contributed by atoms with Crippen molar-refractivity contribution in [3.63, 3.8) is 0 Å². The van der Waals surface area contributed by atoms with Gasteiger partial charge in [-0.1, -0.05) is 49.9 Å². The lowest BCUT2D eigenvalue weighted by Crippen LogP contribution is -2.02. The van der Waals surface area contributed by atoms with Gasteiger partial charge in [0.05, 0.1) is 0 Å². The van der Waals surface area contributed by atoms with Gasteiger partial charge in [-0.25, -0.2) is 4.79 Å². The Bertz CT molecular complexity index is 684. The normalized spacial score (nSPS) is 9.96. The number of carbonyl (C=O) groups is 2. The maximum Gasteiger partial charge on any atom is 0.335 e. The van der Waals surface area contributed by atoms with E-state index in [4.69, 9.17) is 9.47 Å². The molecule has 4 heteroatoms. The maximum atomic E-state index is 11.1. The summed E-state index contributed by atoms with van der Waals surface area (Å²) in [5, 5.41) is 0. The molecule has 0 saturated heterocycles. The first-order valence-electron chi connectivity index (χ1n) is 7.31. The van der Waals surface area contributed by atoms with E-state index in [2.05, 4.69) is 6.58 Å². The summed E-state index contributed by atoms with van der Waals surface area (Å²) in [7, 11) is 0. The van der Waals surface area contributed by atoms with E-state index < -0.39 is 5.97 Å². The van der Waals surface area contributed by atoms with Crippen LogP contribution in [0.2, 0.25) is 0 Å². The molecule has 2 aromatic rings. The Labute approximate surface area is 135 Å². The van der Waals surface area contributed by atoms with Crippen LogP contribution in [-0.4, -0.2) is 11.9 Å². The molecular formula is C19H18O4. The molecule has 4 nitrogen and oxygen atoms in total. The lowest BCUT2D eigenvalue weighted by molar-refractivity contribution is -0.144. The summed E-state index contributed by atoms with van der Waals surface area (Å²) in [6, 6.07) is 15.0. The van der Waals surface area contributed by atoms with Gasteiger partial charge < -0.3 is 9.47 Å². The van der Waals surface area contributed by atoms with E-state index in [1.165, 1.54) is 0 Å². The van der Waals surface area contributed by atoms with Crippen LogP contribution in [0.15, 0.2) is 61.2 Å². The zero-order valence-corrected chi connectivity index (χ0v) is 13.0. The lowest BCUT2D eigenvalue weighted by atomic mass is 10.0. The van der Waals surface area contributed by atoms with Crippen LogP contribution in [0.3, 0.4) is 0 Å². The summed E-state index contributed by atoms with van der Waals surface area (Å²) in [6.45, 7) is 5.40. The highest BCUT2D eigenvalue weighted by atomic mass is 16.5. The SMILES string of the molecule is C=CC(=O)Oc1ccc(-c2ccc(COC(=O)CC)cc2)cc1. The van der Waals surface area contributed by atoms with Gasteiger partial charge in [-0.05, 0) is 28.8 Å². The van der Waals surface area contributed by atoms with Crippen LogP contribution in [0.5, 0.6) is 5.75 Å². The number of rotatable bonds is 6. The first-order chi connectivity index (χ1) is 11.1. The van der Waals surface area contributed by atoms with Gasteiger partial charge in [-0.15, -0.1) is 0 Å². The van der Waals surface area contributed by atoms with Crippen LogP contribution in [0.25, 0.3) is 11.1 Å². The molecule has 0 spiro atoms. The standard InChI is InChI=1S/C19H18O4/c1-3-18(20)22-13-14-5-7-15(8-6-14)16-9-11-17(12-10-16)23-19(21)4-2/h4-12H,2-3,13H2,1H3. The fourth-order valence-electron chi connectivity index (χ4n) is 1.93. The van der Waals surface area contributed by atoms with E-state index in [0.717, 1.165) is 22.8 Å². The Hall–Kier alpha value is -2.88. The molecule has 0 amide bonds. The highest BCUT2D eigenvalue weighted by Gasteiger charge is 2.03. The number of esters is 2. The topological polar surface area (TPSA) is 52.6 Å². The predicted octanol–water partition coefficient (Wildman–Crippen LogP) is 3.90. The molecule has 0 aromatic heterocycles. The summed E-state index contributed by atoms with van der Waals surface area (Å²) < 4.78 is 10.1. The molecule has 0 aliphatic carbocycles. The molecule has 0 atom stereocenters. The zero-order valence-electron chi connectivity index (χ0n) is 13.0. The van der Waals surface area contributed by atoms with Gasteiger partial charge in [0.25, 0.3) is 0 Å². The number of carbonyl (C=O) groups excluding carboxylic acids is 2. The van der Waals surface area contributed by atoms with E-state index in [-0.39, 0.29) is 12.6 Å². The van der Waals surface area contributed by atoms with E-state index in [1.807, 2.05) is 36.4 Å². The second kappa shape index (κ2) is 7.94. The number of hydrogen-bond acceptors (Lipinski definition) is 4. The van der Waals surface area contributed by atoms with Crippen molar-refractivity contribution in [3.05, 3.63) is 66.7 Å². The van der Waals surface area contributed by atoms with Crippen molar-refractivity contribution in [1.29, 1.82) is 0 Å². The minimum absolute atomic E-state index is 0.210. The van der Waals surface area contributed by atoms with Gasteiger partial charge in [-0.3, -0.25) is 4.79 Å². The summed E-state index contributed by atoms with van der Waals surface area (Å²) >= 11 is 0. The van der Waals surface area contributed by atoms with E-state index in [1.54, 1.807) is 19.1 Å². The van der Waals surface area contributed by atoms with Crippen LogP contribution in [0, 0.1) is 0 Å². The van der Waals surface area contributed by atoms with Crippen molar-refractivity contribution in [2.45, 2.75) is 20.0 Å². The van der Waals surface area contributed by atoms with Gasteiger partial charge >= 0.3 is 11.9 Å². The fourth-order valence-corrected chi connectivity index (χ4v) is 1.93. The maximum absolute atomic E-state index is 11.1. The van der Waals surface area contributed by atoms with Crippen LogP contribution < -0.4 is 4.74 Å². The predicted molar refractivity (Wildman–Crippen MR) is 87.8 cm³/mol. The second-order valence-electron chi connectivity index (χ2n) is 4.86. The van der Waals surface area contributed by atoms with Gasteiger partial charge in [-0.2, -0.15) is 0 Å². The molecule has 0 radical (unpaired) electrons. The summed E-state index contributed by atoms with van der Waals surface area (Å²) in [5.74, 6) is -0.218. The third kappa shape index (κ3) is 4.81. The Morgan fingerprint density at radius 1 is 1.00 bits per heavy atom. The van der Waals surface area contributed by atoms with Crippen molar-refractivity contribution < 1.29 is 19.1 Å². The molecular weight excluding hydrogens is 292 g/mol. The minimum Gasteiger partial charge on any atom is -0.461 e. The van der Waals surface area contributed by atoms with Gasteiger partial charge in [0.15, 0.2) is 0 Å². The first-order valence-corrected chi connectivity index (χ1v) is 7.31. The Kier molecular flexibility index (Phi) is 5.69. The second-order valence-corrected chi connectivity index (χ2v) is 4.86. The number of hydrogen-bond donors (Lipinski definition) is 0. The third-order valence-electron chi connectivity index (χ3n) is 3.22. The van der Waals surface area contributed by atoms with Crippen LogP contribution in [-0.2, 0) is 20.9 Å². The van der Waals surface area contributed by atoms with E-state index in [0.29, 0.717) is 12.2 Å². The van der Waals surface area contributed by atoms with Gasteiger partial charge in [0, 0.05) is 12.5 Å². The van der Waals surface area contributed by atoms with Crippen molar-refractivity contribution in [2.24, 2.45) is 0 Å². The zero-order chi connectivity index (χ0) is 16.7. The first kappa shape index (κ1) is 16.5. The molecule has 0 fully saturated rings. The van der Waals surface area contributed by atoms with Crippen LogP contribution >= 0.6 is 0 Å². The average Bonchev–Trinajstić information content (AvgIpc) is 2.60. The molecule has 23 heavy (non-hydrogen) atoms. The summed E-state index contributed by atoms with van der Waals surface area (Å²) in [5.41, 5.74) is 2.96. The molecule has 118 valence electrons. The Morgan fingerprint density at radius 2 is 1.57 bits per heavy atom. The van der Waals surface area contributed by atoms with Crippen molar-refractivity contribution in [2.75, 3.05) is 0 Å². The van der Waals surface area contributed by atoms with Crippen LogP contribution in [0.4, 0.5) is 0 Å². The molecule has 0 aliphatic rings. The molecule has 0 N–H and O–H groups in total. The fraction of sp³-hybridized carbons (Fsp3) is 0.158. The molecule has 0 aliphatic heterocycles. The quantitative estimate of drug-likeness (QED) is 0.461. The lowest BCUT2D eigenvalue weighted by Gasteiger charge is -2.07. The Morgan fingerprint density at radius 3 is 2.09 bits per heavy atom. The highest BCUT2D eigenvalue weighted by molar-refractivity contribution is 5.83. The van der Waals surface area contributed by atoms with Gasteiger partial charge in [0.1, 0.15) is 12.4 Å². The Balaban J connectivity index is 2.03. The minimum atomic E-state index is -0.483. The smallest absolute Gasteiger partial charge is 0.335 e. The monoisotopic (exact) mass is 310 g/mol. The number of benzene rings is 2. The summed E-state index contributed by atoms with van der Waals surface area (Å²) in [4.78, 5) is 22.3. The van der Waals surface area contributed by atoms with Crippen LogP contribution in [0.1, 0.15) is 18.9 Å². The molecule has 0 bridgehead atoms. The van der Waals surface area contributed by atoms with E-state index >= 15 is 0 Å². The molecule has 0 saturated carbocycles. The van der Waals surface area contributed by atoms with Crippen molar-refractivity contribution in [1.82, 2.24) is 0 Å². The highest BCUT2D eigenvalue weighted by Crippen LogP contribution is 2.23. The molecule has 2 rings (SSSR count). The average molecular weight is 310 g/mol. The molecule has 0 heterocycles. The van der Waals surface area contributed by atoms with Gasteiger partial charge in [0.2, 0.25) is 0 Å². The molecule has 0 unspecified atom stereocenters. The van der Waals surface area contributed by atoms with E-state index in [9.17, 15) is 9.59 Å². The van der Waals surface area contributed by atoms with Crippen molar-refractivity contribution >= 4 is 11.9 Å². The third-order valence-corrected chi connectivity index (χ3v) is 3.22.